The van der Waals surface area contributed by atoms with Gasteiger partial charge in [0.2, 0.25) is 10.0 Å². The molecule has 13 heteroatoms. The predicted molar refractivity (Wildman–Crippen MR) is 119 cm³/mol. The highest BCUT2D eigenvalue weighted by Crippen LogP contribution is 2.47. The summed E-state index contributed by atoms with van der Waals surface area (Å²) in [5, 5.41) is 14.0. The Morgan fingerprint density at radius 2 is 1.89 bits per heavy atom. The SMILES string of the molecule is C[C@@H]1C2=C(CC[C@@H]2CN(CC(O)C(F)F)S(=O)(=O)CC(F)(F)F)Cc2c1cnn2-c1ccc(F)cc1. The quantitative estimate of drug-likeness (QED) is 0.405. The maximum absolute atomic E-state index is 13.3. The van der Waals surface area contributed by atoms with Gasteiger partial charge in [-0.3, -0.25) is 0 Å². The number of benzene rings is 1. The predicted octanol–water partition coefficient (Wildman–Crippen LogP) is 4.20. The van der Waals surface area contributed by atoms with Crippen molar-refractivity contribution in [2.75, 3.05) is 18.8 Å². The number of allylic oxidation sites excluding steroid dienone is 1. The van der Waals surface area contributed by atoms with E-state index in [-0.39, 0.29) is 5.92 Å². The first-order valence-electron chi connectivity index (χ1n) is 11.3. The number of aliphatic hydroxyl groups excluding tert-OH is 1. The summed E-state index contributed by atoms with van der Waals surface area (Å²) in [6.07, 6.45) is -7.66. The third-order valence-electron chi connectivity index (χ3n) is 6.77. The molecule has 198 valence electrons. The van der Waals surface area contributed by atoms with E-state index in [1.165, 1.54) is 12.1 Å². The minimum Gasteiger partial charge on any atom is -0.386 e. The molecule has 0 saturated heterocycles. The average molecular weight is 538 g/mol. The van der Waals surface area contributed by atoms with E-state index in [0.29, 0.717) is 29.3 Å². The number of sulfonamides is 1. The first-order chi connectivity index (χ1) is 16.8. The Morgan fingerprint density at radius 3 is 2.50 bits per heavy atom. The average Bonchev–Trinajstić information content (AvgIpc) is 3.37. The van der Waals surface area contributed by atoms with Crippen LogP contribution in [0.2, 0.25) is 0 Å². The number of hydrogen-bond acceptors (Lipinski definition) is 4. The molecule has 0 radical (unpaired) electrons. The molecule has 0 fully saturated rings. The molecule has 0 spiro atoms. The highest BCUT2D eigenvalue weighted by atomic mass is 32.2. The van der Waals surface area contributed by atoms with E-state index in [0.717, 1.165) is 22.4 Å². The Bertz CT molecular complexity index is 1240. The highest BCUT2D eigenvalue weighted by molar-refractivity contribution is 7.89. The summed E-state index contributed by atoms with van der Waals surface area (Å²) in [7, 11) is -5.00. The smallest absolute Gasteiger partial charge is 0.386 e. The van der Waals surface area contributed by atoms with Crippen LogP contribution >= 0.6 is 0 Å². The molecule has 3 atom stereocenters. The van der Waals surface area contributed by atoms with E-state index in [1.807, 2.05) is 6.92 Å². The molecule has 1 unspecified atom stereocenters. The zero-order chi connectivity index (χ0) is 26.4. The zero-order valence-electron chi connectivity index (χ0n) is 19.2. The number of fused-ring (bicyclic) bond motifs is 1. The van der Waals surface area contributed by atoms with Gasteiger partial charge in [-0.15, -0.1) is 0 Å². The molecule has 2 aliphatic carbocycles. The van der Waals surface area contributed by atoms with Crippen LogP contribution < -0.4 is 0 Å². The standard InChI is InChI=1S/C23H25F6N3O3S/c1-13-18-9-30-32(17-6-4-16(24)5-7-17)19(18)8-14-2-3-15(21(13)14)10-31(11-20(33)22(25)26)36(34,35)12-23(27,28)29/h4-7,9,13,15,20,22,33H,2-3,8,10-12H2,1H3/t13-,15+,20?/m0/s1. The van der Waals surface area contributed by atoms with E-state index in [4.69, 9.17) is 0 Å². The van der Waals surface area contributed by atoms with Gasteiger partial charge in [0.15, 0.2) is 5.75 Å². The molecule has 0 amide bonds. The van der Waals surface area contributed by atoms with Crippen molar-refractivity contribution >= 4 is 10.0 Å². The van der Waals surface area contributed by atoms with Gasteiger partial charge in [-0.25, -0.2) is 26.3 Å². The highest BCUT2D eigenvalue weighted by Gasteiger charge is 2.43. The Morgan fingerprint density at radius 1 is 1.22 bits per heavy atom. The molecule has 36 heavy (non-hydrogen) atoms. The lowest BCUT2D eigenvalue weighted by atomic mass is 9.80. The minimum absolute atomic E-state index is 0.238. The van der Waals surface area contributed by atoms with E-state index in [1.54, 1.807) is 23.0 Å². The summed E-state index contributed by atoms with van der Waals surface area (Å²) in [4.78, 5) is 0. The van der Waals surface area contributed by atoms with Crippen molar-refractivity contribution in [1.29, 1.82) is 0 Å². The number of aromatic nitrogens is 2. The monoisotopic (exact) mass is 537 g/mol. The molecule has 2 aromatic rings. The molecule has 1 aromatic heterocycles. The van der Waals surface area contributed by atoms with Crippen LogP contribution in [0.15, 0.2) is 41.6 Å². The minimum atomic E-state index is -5.06. The fourth-order valence-corrected chi connectivity index (χ4v) is 6.59. The number of alkyl halides is 5. The molecular weight excluding hydrogens is 512 g/mol. The fourth-order valence-electron chi connectivity index (χ4n) is 5.21. The number of aliphatic hydroxyl groups is 1. The molecular formula is C23H25F6N3O3S. The fraction of sp³-hybridized carbons (Fsp3) is 0.522. The number of nitrogens with zero attached hydrogens (tertiary/aromatic N) is 3. The van der Waals surface area contributed by atoms with Gasteiger partial charge in [-0.2, -0.15) is 22.6 Å². The van der Waals surface area contributed by atoms with Crippen LogP contribution in [-0.2, 0) is 16.4 Å². The lowest BCUT2D eigenvalue weighted by Crippen LogP contribution is -2.46. The van der Waals surface area contributed by atoms with E-state index in [2.05, 4.69) is 5.10 Å². The molecule has 1 heterocycles. The van der Waals surface area contributed by atoms with E-state index < -0.39 is 59.3 Å². The van der Waals surface area contributed by atoms with Crippen LogP contribution in [0, 0.1) is 11.7 Å². The lowest BCUT2D eigenvalue weighted by molar-refractivity contribution is -0.107. The number of hydrogen-bond donors (Lipinski definition) is 1. The summed E-state index contributed by atoms with van der Waals surface area (Å²) in [5.74, 6) is -3.32. The summed E-state index contributed by atoms with van der Waals surface area (Å²) in [6.45, 7) is 0.314. The summed E-state index contributed by atoms with van der Waals surface area (Å²) in [6, 6.07) is 5.81. The topological polar surface area (TPSA) is 75.4 Å². The first kappa shape index (κ1) is 26.7. The van der Waals surface area contributed by atoms with Crippen molar-refractivity contribution in [3.8, 4) is 5.69 Å². The van der Waals surface area contributed by atoms with Gasteiger partial charge in [-0.1, -0.05) is 18.1 Å². The number of halogens is 6. The Kier molecular flexibility index (Phi) is 7.28. The second-order valence-electron chi connectivity index (χ2n) is 9.22. The lowest BCUT2D eigenvalue weighted by Gasteiger charge is -2.31. The normalized spacial score (nSPS) is 21.3. The van der Waals surface area contributed by atoms with Gasteiger partial charge in [0.1, 0.15) is 11.9 Å². The Balaban J connectivity index is 1.61. The molecule has 0 saturated carbocycles. The van der Waals surface area contributed by atoms with Crippen molar-refractivity contribution in [2.24, 2.45) is 5.92 Å². The zero-order valence-corrected chi connectivity index (χ0v) is 20.0. The van der Waals surface area contributed by atoms with Crippen molar-refractivity contribution in [3.63, 3.8) is 0 Å². The molecule has 2 aliphatic rings. The largest absolute Gasteiger partial charge is 0.404 e. The summed E-state index contributed by atoms with van der Waals surface area (Å²) >= 11 is 0. The molecule has 1 aromatic carbocycles. The summed E-state index contributed by atoms with van der Waals surface area (Å²) in [5.41, 5.74) is 4.24. The van der Waals surface area contributed by atoms with Gasteiger partial charge in [0.25, 0.3) is 6.43 Å². The number of rotatable bonds is 8. The molecule has 6 nitrogen and oxygen atoms in total. The second kappa shape index (κ2) is 9.82. The van der Waals surface area contributed by atoms with Crippen molar-refractivity contribution in [1.82, 2.24) is 14.1 Å². The van der Waals surface area contributed by atoms with Gasteiger partial charge in [-0.05, 0) is 43.0 Å². The van der Waals surface area contributed by atoms with Crippen molar-refractivity contribution in [2.45, 2.75) is 50.8 Å². The van der Waals surface area contributed by atoms with Gasteiger partial charge < -0.3 is 5.11 Å². The molecule has 4 rings (SSSR count). The first-order valence-corrected chi connectivity index (χ1v) is 12.9. The Labute approximate surface area is 204 Å². The van der Waals surface area contributed by atoms with Crippen LogP contribution in [0.3, 0.4) is 0 Å². The summed E-state index contributed by atoms with van der Waals surface area (Å²) < 4.78 is 105. The van der Waals surface area contributed by atoms with Gasteiger partial charge >= 0.3 is 6.18 Å². The maximum atomic E-state index is 13.3. The van der Waals surface area contributed by atoms with Gasteiger partial charge in [0, 0.05) is 31.0 Å². The molecule has 0 aliphatic heterocycles. The molecule has 1 N–H and O–H groups in total. The van der Waals surface area contributed by atoms with E-state index in [9.17, 15) is 39.9 Å². The third kappa shape index (κ3) is 5.47. The Hall–Kier alpha value is -2.38. The maximum Gasteiger partial charge on any atom is 0.404 e. The van der Waals surface area contributed by atoms with Crippen LogP contribution in [0.5, 0.6) is 0 Å². The van der Waals surface area contributed by atoms with Crippen LogP contribution in [0.4, 0.5) is 26.3 Å². The van der Waals surface area contributed by atoms with Gasteiger partial charge in [0.05, 0.1) is 17.6 Å². The van der Waals surface area contributed by atoms with Crippen molar-refractivity contribution in [3.05, 3.63) is 58.7 Å². The van der Waals surface area contributed by atoms with Crippen LogP contribution in [0.1, 0.15) is 36.9 Å². The second-order valence-corrected chi connectivity index (χ2v) is 11.2. The van der Waals surface area contributed by atoms with E-state index >= 15 is 0 Å². The molecule has 0 bridgehead atoms. The van der Waals surface area contributed by atoms with Crippen LogP contribution in [-0.4, -0.2) is 65.2 Å². The van der Waals surface area contributed by atoms with Crippen LogP contribution in [0.25, 0.3) is 5.69 Å². The van der Waals surface area contributed by atoms with Crippen molar-refractivity contribution < 1.29 is 39.9 Å². The third-order valence-corrected chi connectivity index (χ3v) is 8.55.